The molecule has 0 unspecified atom stereocenters. The maximum absolute atomic E-state index is 11.9. The minimum Gasteiger partial charge on any atom is -0.374 e. The number of hydrogen-bond acceptors (Lipinski definition) is 5. The Morgan fingerprint density at radius 3 is 2.50 bits per heavy atom. The van der Waals surface area contributed by atoms with Gasteiger partial charge in [-0.05, 0) is 38.0 Å². The van der Waals surface area contributed by atoms with E-state index in [0.717, 1.165) is 28.5 Å². The van der Waals surface area contributed by atoms with E-state index in [9.17, 15) is 4.79 Å². The lowest BCUT2D eigenvalue weighted by atomic mass is 10.1. The molecule has 1 amide bonds. The molecule has 30 heavy (non-hydrogen) atoms. The van der Waals surface area contributed by atoms with Gasteiger partial charge < -0.3 is 15.0 Å². The van der Waals surface area contributed by atoms with Crippen molar-refractivity contribution in [3.8, 4) is 11.3 Å². The summed E-state index contributed by atoms with van der Waals surface area (Å²) in [4.78, 5) is 23.5. The smallest absolute Gasteiger partial charge is 0.219 e. The zero-order valence-electron chi connectivity index (χ0n) is 17.8. The van der Waals surface area contributed by atoms with E-state index in [4.69, 9.17) is 37.9 Å². The molecule has 1 aromatic heterocycles. The third kappa shape index (κ3) is 4.88. The van der Waals surface area contributed by atoms with Crippen molar-refractivity contribution in [2.75, 3.05) is 25.0 Å². The normalized spacial score (nSPS) is 18.7. The topological polar surface area (TPSA) is 67.3 Å². The van der Waals surface area contributed by atoms with Crippen LogP contribution in [0.3, 0.4) is 0 Å². The molecule has 1 aliphatic rings. The Balaban J connectivity index is 1.96. The quantitative estimate of drug-likeness (QED) is 0.665. The number of aryl methyl sites for hydroxylation is 2. The van der Waals surface area contributed by atoms with Crippen LogP contribution in [0.5, 0.6) is 0 Å². The van der Waals surface area contributed by atoms with Gasteiger partial charge in [-0.25, -0.2) is 9.97 Å². The first-order chi connectivity index (χ1) is 14.4. The molecule has 8 heteroatoms. The monoisotopic (exact) mass is 450 g/mol. The number of anilines is 1. The highest BCUT2D eigenvalue weighted by atomic mass is 35.5. The Morgan fingerprint density at radius 2 is 1.90 bits per heavy atom. The molecule has 0 spiro atoms. The van der Waals surface area contributed by atoms with Crippen LogP contribution in [0.4, 0.5) is 5.82 Å². The summed E-state index contributed by atoms with van der Waals surface area (Å²) in [5.74, 6) is 0.788. The number of likely N-dealkylation sites (tertiary alicyclic amines) is 1. The molecular weight excluding hydrogens is 423 g/mol. The van der Waals surface area contributed by atoms with Gasteiger partial charge in [0.15, 0.2) is 0 Å². The maximum atomic E-state index is 11.9. The Labute approximate surface area is 187 Å². The maximum Gasteiger partial charge on any atom is 0.219 e. The number of nitrogens with one attached hydrogen (secondary N) is 1. The average Bonchev–Trinajstić information content (AvgIpc) is 3.11. The van der Waals surface area contributed by atoms with Crippen molar-refractivity contribution in [2.45, 2.75) is 52.7 Å². The van der Waals surface area contributed by atoms with Gasteiger partial charge in [-0.3, -0.25) is 4.79 Å². The summed E-state index contributed by atoms with van der Waals surface area (Å²) in [6.45, 7) is 9.39. The fourth-order valence-electron chi connectivity index (χ4n) is 3.74. The number of hydrogen-bond donors (Lipinski definition) is 1. The second-order valence-electron chi connectivity index (χ2n) is 7.31. The molecule has 6 nitrogen and oxygen atoms in total. The summed E-state index contributed by atoms with van der Waals surface area (Å²) < 4.78 is 5.88. The Morgan fingerprint density at radius 1 is 1.17 bits per heavy atom. The number of amides is 1. The molecule has 1 N–H and O–H groups in total. The second kappa shape index (κ2) is 9.94. The number of benzene rings is 1. The summed E-state index contributed by atoms with van der Waals surface area (Å²) in [5, 5.41) is 4.65. The Bertz CT molecular complexity index is 922. The number of carbonyl (C=O) groups is 1. The van der Waals surface area contributed by atoms with Gasteiger partial charge >= 0.3 is 0 Å². The van der Waals surface area contributed by atoms with Crippen molar-refractivity contribution in [1.82, 2.24) is 14.9 Å². The molecule has 1 saturated heterocycles. The third-order valence-electron chi connectivity index (χ3n) is 5.31. The summed E-state index contributed by atoms with van der Waals surface area (Å²) in [5.41, 5.74) is 3.31. The zero-order chi connectivity index (χ0) is 21.8. The highest BCUT2D eigenvalue weighted by molar-refractivity contribution is 6.36. The molecule has 0 aliphatic carbocycles. The van der Waals surface area contributed by atoms with E-state index in [2.05, 4.69) is 5.32 Å². The van der Waals surface area contributed by atoms with Crippen LogP contribution in [0.1, 0.15) is 39.1 Å². The molecule has 2 atom stereocenters. The predicted octanol–water partition coefficient (Wildman–Crippen LogP) is 4.62. The minimum absolute atomic E-state index is 0.0388. The number of carbonyl (C=O) groups excluding carboxylic acids is 1. The lowest BCUT2D eigenvalue weighted by Crippen LogP contribution is -2.35. The lowest BCUT2D eigenvalue weighted by Gasteiger charge is -2.22. The fourth-order valence-corrected chi connectivity index (χ4v) is 4.24. The molecule has 0 saturated carbocycles. The predicted molar refractivity (Wildman–Crippen MR) is 121 cm³/mol. The number of rotatable bonds is 7. The van der Waals surface area contributed by atoms with Crippen LogP contribution in [-0.4, -0.2) is 52.6 Å². The van der Waals surface area contributed by atoms with Crippen LogP contribution < -0.4 is 5.32 Å². The van der Waals surface area contributed by atoms with Crippen LogP contribution >= 0.6 is 23.2 Å². The molecular formula is C22H28Cl2N4O2. The van der Waals surface area contributed by atoms with Gasteiger partial charge in [-0.2, -0.15) is 0 Å². The first-order valence-corrected chi connectivity index (χ1v) is 11.1. The molecule has 2 aromatic rings. The molecule has 162 valence electrons. The van der Waals surface area contributed by atoms with Crippen LogP contribution in [0.2, 0.25) is 10.0 Å². The fraction of sp³-hybridized carbons (Fsp3) is 0.500. The molecule has 3 rings (SSSR count). The van der Waals surface area contributed by atoms with Gasteiger partial charge in [0.1, 0.15) is 5.82 Å². The number of nitrogens with zero attached hydrogens (tertiary/aromatic N) is 3. The number of aromatic nitrogens is 2. The summed E-state index contributed by atoms with van der Waals surface area (Å²) in [7, 11) is 0. The van der Waals surface area contributed by atoms with Gasteiger partial charge in [-0.15, -0.1) is 0 Å². The van der Waals surface area contributed by atoms with Crippen LogP contribution in [0.15, 0.2) is 18.2 Å². The average molecular weight is 451 g/mol. The highest BCUT2D eigenvalue weighted by Crippen LogP contribution is 2.33. The first kappa shape index (κ1) is 22.8. The van der Waals surface area contributed by atoms with Gasteiger partial charge in [0, 0.05) is 37.2 Å². The van der Waals surface area contributed by atoms with Gasteiger partial charge in [0.05, 0.1) is 34.3 Å². The minimum atomic E-state index is -0.0825. The van der Waals surface area contributed by atoms with E-state index in [1.54, 1.807) is 17.9 Å². The summed E-state index contributed by atoms with van der Waals surface area (Å²) in [6, 6.07) is 5.37. The van der Waals surface area contributed by atoms with E-state index in [-0.39, 0.29) is 18.1 Å². The summed E-state index contributed by atoms with van der Waals surface area (Å²) >= 11 is 12.5. The van der Waals surface area contributed by atoms with Crippen molar-refractivity contribution >= 4 is 34.9 Å². The number of halogens is 2. The molecule has 0 radical (unpaired) electrons. The van der Waals surface area contributed by atoms with Crippen molar-refractivity contribution in [2.24, 2.45) is 0 Å². The lowest BCUT2D eigenvalue weighted by molar-refractivity contribution is -0.128. The zero-order valence-corrected chi connectivity index (χ0v) is 19.3. The van der Waals surface area contributed by atoms with Gasteiger partial charge in [-0.1, -0.05) is 37.0 Å². The molecule has 0 bridgehead atoms. The van der Waals surface area contributed by atoms with Crippen LogP contribution in [-0.2, 0) is 22.4 Å². The number of ether oxygens (including phenoxy) is 1. The standard InChI is InChI=1S/C22H28Cl2N4O2/c1-5-17-21(15-9-8-14(23)10-16(15)24)25-18(6-2)22(26-17)27-19-11-28(13(4)29)12-20(19)30-7-3/h8-10,19-20H,5-7,11-12H2,1-4H3,(H,26,27)/t19-,20+/m0/s1. The molecule has 1 fully saturated rings. The van der Waals surface area contributed by atoms with Crippen LogP contribution in [0, 0.1) is 0 Å². The van der Waals surface area contributed by atoms with Gasteiger partial charge in [0.2, 0.25) is 5.91 Å². The van der Waals surface area contributed by atoms with E-state index < -0.39 is 0 Å². The van der Waals surface area contributed by atoms with Crippen LogP contribution in [0.25, 0.3) is 11.3 Å². The third-order valence-corrected chi connectivity index (χ3v) is 5.86. The van der Waals surface area contributed by atoms with Crippen molar-refractivity contribution in [3.63, 3.8) is 0 Å². The van der Waals surface area contributed by atoms with E-state index >= 15 is 0 Å². The van der Waals surface area contributed by atoms with E-state index in [1.165, 1.54) is 0 Å². The molecule has 1 aromatic carbocycles. The van der Waals surface area contributed by atoms with Crippen molar-refractivity contribution in [3.05, 3.63) is 39.6 Å². The van der Waals surface area contributed by atoms with Crippen molar-refractivity contribution in [1.29, 1.82) is 0 Å². The molecule has 1 aliphatic heterocycles. The second-order valence-corrected chi connectivity index (χ2v) is 8.16. The van der Waals surface area contributed by atoms with Crippen molar-refractivity contribution < 1.29 is 9.53 Å². The van der Waals surface area contributed by atoms with Gasteiger partial charge in [0.25, 0.3) is 0 Å². The Kier molecular flexibility index (Phi) is 7.55. The Hall–Kier alpha value is -1.89. The van der Waals surface area contributed by atoms with E-state index in [0.29, 0.717) is 42.6 Å². The van der Waals surface area contributed by atoms with E-state index in [1.807, 2.05) is 32.9 Å². The SMILES string of the molecule is CCO[C@@H]1CN(C(C)=O)C[C@@H]1Nc1nc(CC)c(-c2ccc(Cl)cc2Cl)nc1CC. The molecule has 2 heterocycles. The largest absolute Gasteiger partial charge is 0.374 e. The first-order valence-electron chi connectivity index (χ1n) is 10.4. The summed E-state index contributed by atoms with van der Waals surface area (Å²) in [6.07, 6.45) is 1.33. The highest BCUT2D eigenvalue weighted by Gasteiger charge is 2.35.